The Bertz CT molecular complexity index is 3120. The summed E-state index contributed by atoms with van der Waals surface area (Å²) >= 11 is 0. The lowest BCUT2D eigenvalue weighted by atomic mass is 9.83. The summed E-state index contributed by atoms with van der Waals surface area (Å²) in [5.74, 6) is 0.823. The summed E-state index contributed by atoms with van der Waals surface area (Å²) in [5, 5.41) is 12.9. The summed E-state index contributed by atoms with van der Waals surface area (Å²) in [6, 6.07) is 49.1. The average Bonchev–Trinajstić information content (AvgIpc) is 3.65. The fraction of sp³-hybridized carbons (Fsp3) is 0.224. The number of benzene rings is 6. The highest BCUT2D eigenvalue weighted by Gasteiger charge is 2.26. The molecule has 1 N–H and O–H groups in total. The monoisotopic (exact) mass is 839 g/mol. The minimum Gasteiger partial charge on any atom is -0.507 e. The minimum atomic E-state index is -0.161. The number of aryl methyl sites for hydroxylation is 1. The molecule has 0 spiro atoms. The van der Waals surface area contributed by atoms with Crippen molar-refractivity contribution in [3.8, 4) is 45.1 Å². The number of fused-ring (bicyclic) bond motifs is 2. The fourth-order valence-electron chi connectivity index (χ4n) is 8.62. The number of imidazole rings is 1. The number of nitrogens with zero attached hydrogens (tertiary/aromatic N) is 5. The molecule has 0 saturated heterocycles. The van der Waals surface area contributed by atoms with Gasteiger partial charge in [-0.1, -0.05) is 117 Å². The summed E-state index contributed by atoms with van der Waals surface area (Å²) in [7, 11) is 0. The van der Waals surface area contributed by atoms with Crippen LogP contribution in [0.2, 0.25) is 0 Å². The van der Waals surface area contributed by atoms with Crippen LogP contribution < -0.4 is 4.90 Å². The Kier molecular flexibility index (Phi) is 10.5. The standard InChI is InChI=1S/C58H57N5O/c1-37-27-28-60-53-47(37)31-42(58(8,9)10)32-48(53)38-29-39(36-59-35-38)49-33-46(62(43-17-13-11-14-18-43)44-19-15-12-16-20-44)34-51-54(49)61-55(50-30-41(57(5,6)7)23-26-52(50)64)63(51)45-24-21-40(22-25-45)56(2,3)4/h11-36,64H,1-10H3. The highest BCUT2D eigenvalue weighted by atomic mass is 16.3. The number of phenolic OH excluding ortho intramolecular Hbond substituents is 1. The van der Waals surface area contributed by atoms with Gasteiger partial charge in [-0.2, -0.15) is 0 Å². The van der Waals surface area contributed by atoms with Crippen molar-refractivity contribution < 1.29 is 5.11 Å². The lowest BCUT2D eigenvalue weighted by Gasteiger charge is -2.26. The van der Waals surface area contributed by atoms with Crippen molar-refractivity contribution in [1.82, 2.24) is 19.5 Å². The Balaban J connectivity index is 1.39. The normalized spacial score (nSPS) is 12.3. The molecule has 320 valence electrons. The highest BCUT2D eigenvalue weighted by Crippen LogP contribution is 2.45. The van der Waals surface area contributed by atoms with Crippen LogP contribution in [-0.2, 0) is 16.2 Å². The van der Waals surface area contributed by atoms with Crippen LogP contribution in [0.4, 0.5) is 17.1 Å². The summed E-state index contributed by atoms with van der Waals surface area (Å²) in [5.41, 5.74) is 15.6. The quantitative estimate of drug-likeness (QED) is 0.173. The van der Waals surface area contributed by atoms with E-state index in [0.717, 1.165) is 72.5 Å². The number of aromatic nitrogens is 4. The van der Waals surface area contributed by atoms with Gasteiger partial charge >= 0.3 is 0 Å². The minimum absolute atomic E-state index is 0.0339. The third-order valence-corrected chi connectivity index (χ3v) is 12.4. The van der Waals surface area contributed by atoms with E-state index in [1.54, 1.807) is 6.07 Å². The van der Waals surface area contributed by atoms with Gasteiger partial charge in [0.05, 0.1) is 22.1 Å². The van der Waals surface area contributed by atoms with Crippen LogP contribution >= 0.6 is 0 Å². The molecular formula is C58H57N5O. The van der Waals surface area contributed by atoms with Crippen molar-refractivity contribution in [1.29, 1.82) is 0 Å². The van der Waals surface area contributed by atoms with Gasteiger partial charge in [0.25, 0.3) is 0 Å². The van der Waals surface area contributed by atoms with E-state index in [1.807, 2.05) is 36.8 Å². The molecule has 0 fully saturated rings. The van der Waals surface area contributed by atoms with Crippen LogP contribution in [0.25, 0.3) is 61.3 Å². The van der Waals surface area contributed by atoms with Crippen molar-refractivity contribution in [2.24, 2.45) is 0 Å². The summed E-state index contributed by atoms with van der Waals surface area (Å²) in [6.07, 6.45) is 5.80. The highest BCUT2D eigenvalue weighted by molar-refractivity contribution is 6.02. The van der Waals surface area contributed by atoms with E-state index in [1.165, 1.54) is 16.7 Å². The molecule has 0 bridgehead atoms. The largest absolute Gasteiger partial charge is 0.507 e. The number of anilines is 3. The average molecular weight is 840 g/mol. The molecule has 0 aliphatic rings. The molecule has 64 heavy (non-hydrogen) atoms. The SMILES string of the molecule is Cc1ccnc2c(-c3cncc(-c4cc(N(c5ccccc5)c5ccccc5)cc5c4nc(-c4cc(C(C)(C)C)ccc4O)n5-c4ccc(C(C)(C)C)cc4)c3)cc(C(C)(C)C)cc12. The first-order valence-corrected chi connectivity index (χ1v) is 22.2. The lowest BCUT2D eigenvalue weighted by molar-refractivity contribution is 0.475. The molecule has 0 aliphatic heterocycles. The van der Waals surface area contributed by atoms with Gasteiger partial charge in [0.2, 0.25) is 0 Å². The van der Waals surface area contributed by atoms with E-state index in [2.05, 4.69) is 194 Å². The lowest BCUT2D eigenvalue weighted by Crippen LogP contribution is -2.12. The van der Waals surface area contributed by atoms with Crippen molar-refractivity contribution >= 4 is 39.0 Å². The second-order valence-electron chi connectivity index (χ2n) is 20.2. The third kappa shape index (κ3) is 7.94. The number of para-hydroxylation sites is 2. The third-order valence-electron chi connectivity index (χ3n) is 12.4. The van der Waals surface area contributed by atoms with Crippen LogP contribution in [0.5, 0.6) is 5.75 Å². The predicted molar refractivity (Wildman–Crippen MR) is 268 cm³/mol. The molecule has 0 unspecified atom stereocenters. The zero-order chi connectivity index (χ0) is 45.1. The zero-order valence-corrected chi connectivity index (χ0v) is 38.7. The zero-order valence-electron chi connectivity index (χ0n) is 38.7. The predicted octanol–water partition coefficient (Wildman–Crippen LogP) is 15.3. The van der Waals surface area contributed by atoms with Crippen molar-refractivity contribution in [2.75, 3.05) is 4.90 Å². The van der Waals surface area contributed by atoms with Crippen LogP contribution in [0.15, 0.2) is 158 Å². The fourth-order valence-corrected chi connectivity index (χ4v) is 8.62. The first-order chi connectivity index (χ1) is 30.5. The van der Waals surface area contributed by atoms with Crippen LogP contribution in [-0.4, -0.2) is 24.6 Å². The molecule has 9 rings (SSSR count). The summed E-state index contributed by atoms with van der Waals surface area (Å²) in [6.45, 7) is 22.2. The molecular weight excluding hydrogens is 783 g/mol. The van der Waals surface area contributed by atoms with E-state index in [-0.39, 0.29) is 22.0 Å². The number of pyridine rings is 2. The molecule has 6 aromatic carbocycles. The van der Waals surface area contributed by atoms with Crippen molar-refractivity contribution in [3.05, 3.63) is 180 Å². The van der Waals surface area contributed by atoms with Gasteiger partial charge in [-0.15, -0.1) is 0 Å². The topological polar surface area (TPSA) is 67.1 Å². The molecule has 3 heterocycles. The summed E-state index contributed by atoms with van der Waals surface area (Å²) < 4.78 is 2.22. The van der Waals surface area contributed by atoms with Crippen molar-refractivity contribution in [2.45, 2.75) is 85.5 Å². The number of hydrogen-bond acceptors (Lipinski definition) is 5. The second-order valence-corrected chi connectivity index (χ2v) is 20.2. The first kappa shape index (κ1) is 42.3. The molecule has 6 nitrogen and oxygen atoms in total. The Hall–Kier alpha value is -7.05. The molecule has 0 radical (unpaired) electrons. The Morgan fingerprint density at radius 2 is 1.08 bits per heavy atom. The van der Waals surface area contributed by atoms with Crippen LogP contribution in [0.3, 0.4) is 0 Å². The van der Waals surface area contributed by atoms with E-state index in [0.29, 0.717) is 11.4 Å². The Labute approximate surface area is 378 Å². The maximum Gasteiger partial charge on any atom is 0.149 e. The molecule has 9 aromatic rings. The van der Waals surface area contributed by atoms with E-state index in [4.69, 9.17) is 15.0 Å². The Morgan fingerprint density at radius 1 is 0.516 bits per heavy atom. The maximum absolute atomic E-state index is 11.8. The smallest absolute Gasteiger partial charge is 0.149 e. The second kappa shape index (κ2) is 15.9. The van der Waals surface area contributed by atoms with E-state index >= 15 is 0 Å². The van der Waals surface area contributed by atoms with E-state index in [9.17, 15) is 5.11 Å². The molecule has 0 atom stereocenters. The van der Waals surface area contributed by atoms with Gasteiger partial charge < -0.3 is 10.0 Å². The van der Waals surface area contributed by atoms with E-state index < -0.39 is 0 Å². The van der Waals surface area contributed by atoms with Crippen molar-refractivity contribution in [3.63, 3.8) is 0 Å². The summed E-state index contributed by atoms with van der Waals surface area (Å²) in [4.78, 5) is 17.8. The molecule has 0 aliphatic carbocycles. The Morgan fingerprint density at radius 3 is 1.67 bits per heavy atom. The van der Waals surface area contributed by atoms with Gasteiger partial charge in [0.15, 0.2) is 0 Å². The molecule has 0 saturated carbocycles. The molecule has 6 heteroatoms. The van der Waals surface area contributed by atoms with Gasteiger partial charge in [-0.3, -0.25) is 14.5 Å². The van der Waals surface area contributed by atoms with Crippen LogP contribution in [0.1, 0.15) is 84.6 Å². The number of rotatable bonds is 7. The van der Waals surface area contributed by atoms with Gasteiger partial charge in [-0.25, -0.2) is 4.98 Å². The van der Waals surface area contributed by atoms with Gasteiger partial charge in [0.1, 0.15) is 11.6 Å². The number of aromatic hydroxyl groups is 1. The van der Waals surface area contributed by atoms with Crippen LogP contribution in [0, 0.1) is 6.92 Å². The molecule has 0 amide bonds. The van der Waals surface area contributed by atoms with Gasteiger partial charge in [-0.05, 0) is 130 Å². The molecule has 3 aromatic heterocycles. The maximum atomic E-state index is 11.8. The number of phenols is 1. The first-order valence-electron chi connectivity index (χ1n) is 22.2. The number of hydrogen-bond donors (Lipinski definition) is 1. The van der Waals surface area contributed by atoms with Gasteiger partial charge in [0, 0.05) is 69.0 Å².